The molecule has 3 aromatic rings. The van der Waals surface area contributed by atoms with Crippen LogP contribution in [0.25, 0.3) is 11.1 Å². The van der Waals surface area contributed by atoms with Crippen LogP contribution in [-0.4, -0.2) is 28.4 Å². The number of carbonyl (C=O) groups excluding carboxylic acids is 3. The number of Topliss-reactive ketones (excluding diaryl/α,β-unsaturated/α-hetero) is 1. The number of pyridine rings is 1. The average molecular weight is 464 g/mol. The van der Waals surface area contributed by atoms with Crippen molar-refractivity contribution < 1.29 is 23.5 Å². The van der Waals surface area contributed by atoms with Gasteiger partial charge in [-0.1, -0.05) is 24.3 Å². The number of hydrogen-bond acceptors (Lipinski definition) is 5. The second-order valence-corrected chi connectivity index (χ2v) is 8.73. The summed E-state index contributed by atoms with van der Waals surface area (Å²) in [6.45, 7) is 7.00. The lowest BCUT2D eigenvalue weighted by atomic mass is 10.0. The molecule has 176 valence electrons. The Morgan fingerprint density at radius 1 is 0.941 bits per heavy atom. The Labute approximate surface area is 197 Å². The summed E-state index contributed by atoms with van der Waals surface area (Å²) in [5, 5.41) is 4.97. The van der Waals surface area contributed by atoms with Gasteiger partial charge >= 0.3 is 6.09 Å². The summed E-state index contributed by atoms with van der Waals surface area (Å²) in [4.78, 5) is 41.6. The molecule has 3 rings (SSSR count). The first kappa shape index (κ1) is 24.6. The van der Waals surface area contributed by atoms with E-state index in [4.69, 9.17) is 4.74 Å². The minimum Gasteiger partial charge on any atom is -0.444 e. The van der Waals surface area contributed by atoms with Crippen LogP contribution in [0, 0.1) is 12.7 Å². The predicted molar refractivity (Wildman–Crippen MR) is 128 cm³/mol. The van der Waals surface area contributed by atoms with Crippen LogP contribution >= 0.6 is 0 Å². The number of halogens is 1. The lowest BCUT2D eigenvalue weighted by Crippen LogP contribution is -2.27. The van der Waals surface area contributed by atoms with E-state index in [9.17, 15) is 18.8 Å². The number of carbonyl (C=O) groups is 3. The Bertz CT molecular complexity index is 1220. The van der Waals surface area contributed by atoms with Crippen molar-refractivity contribution >= 4 is 29.2 Å². The Hall–Kier alpha value is -4.07. The van der Waals surface area contributed by atoms with E-state index in [0.29, 0.717) is 5.56 Å². The summed E-state index contributed by atoms with van der Waals surface area (Å²) in [7, 11) is 0. The number of rotatable bonds is 6. The molecule has 2 N–H and O–H groups in total. The maximum Gasteiger partial charge on any atom is 0.412 e. The molecule has 2 amide bonds. The minimum absolute atomic E-state index is 0.0168. The highest BCUT2D eigenvalue weighted by atomic mass is 19.1. The molecule has 34 heavy (non-hydrogen) atoms. The van der Waals surface area contributed by atoms with E-state index in [-0.39, 0.29) is 11.4 Å². The second kappa shape index (κ2) is 10.2. The van der Waals surface area contributed by atoms with Crippen molar-refractivity contribution in [2.24, 2.45) is 0 Å². The standard InChI is InChI=1S/C26H26FN3O4/c1-16-8-9-19(15-28-16)17-6-5-7-18(12-17)23(31)14-24(32)29-22-13-20(27)10-11-21(22)30-25(33)34-26(2,3)4/h5-13,15H,14H2,1-4H3,(H,29,32)(H,30,33). The van der Waals surface area contributed by atoms with E-state index in [2.05, 4.69) is 15.6 Å². The van der Waals surface area contributed by atoms with E-state index in [1.165, 1.54) is 6.07 Å². The molecule has 8 heteroatoms. The molecule has 1 heterocycles. The van der Waals surface area contributed by atoms with Crippen LogP contribution in [0.5, 0.6) is 0 Å². The van der Waals surface area contributed by atoms with Gasteiger partial charge in [-0.05, 0) is 63.6 Å². The normalized spacial score (nSPS) is 11.0. The number of hydrogen-bond donors (Lipinski definition) is 2. The maximum atomic E-state index is 13.8. The highest BCUT2D eigenvalue weighted by Gasteiger charge is 2.19. The van der Waals surface area contributed by atoms with Crippen LogP contribution in [0.3, 0.4) is 0 Å². The van der Waals surface area contributed by atoms with E-state index >= 15 is 0 Å². The summed E-state index contributed by atoms with van der Waals surface area (Å²) in [6, 6.07) is 14.2. The third-order valence-corrected chi connectivity index (χ3v) is 4.64. The fraction of sp³-hybridized carbons (Fsp3) is 0.231. The van der Waals surface area contributed by atoms with Crippen molar-refractivity contribution in [1.29, 1.82) is 0 Å². The first-order valence-corrected chi connectivity index (χ1v) is 10.7. The van der Waals surface area contributed by atoms with Crippen molar-refractivity contribution in [1.82, 2.24) is 4.98 Å². The lowest BCUT2D eigenvalue weighted by molar-refractivity contribution is -0.115. The van der Waals surface area contributed by atoms with Gasteiger partial charge in [0.25, 0.3) is 0 Å². The molecule has 0 saturated carbocycles. The quantitative estimate of drug-likeness (QED) is 0.358. The van der Waals surface area contributed by atoms with Gasteiger partial charge in [-0.2, -0.15) is 0 Å². The highest BCUT2D eigenvalue weighted by Crippen LogP contribution is 2.25. The third kappa shape index (κ3) is 6.96. The van der Waals surface area contributed by atoms with Gasteiger partial charge in [0.2, 0.25) is 5.91 Å². The molecule has 0 atom stereocenters. The van der Waals surface area contributed by atoms with Gasteiger partial charge < -0.3 is 10.1 Å². The zero-order valence-electron chi connectivity index (χ0n) is 19.4. The van der Waals surface area contributed by atoms with E-state index < -0.39 is 35.6 Å². The zero-order chi connectivity index (χ0) is 24.9. The highest BCUT2D eigenvalue weighted by molar-refractivity contribution is 6.12. The van der Waals surface area contributed by atoms with Gasteiger partial charge in [0.1, 0.15) is 11.4 Å². The molecular weight excluding hydrogens is 437 g/mol. The number of ether oxygens (including phenoxy) is 1. The number of benzene rings is 2. The number of ketones is 1. The Balaban J connectivity index is 1.70. The molecule has 0 bridgehead atoms. The molecule has 7 nitrogen and oxygen atoms in total. The van der Waals surface area contributed by atoms with Gasteiger partial charge in [0.05, 0.1) is 17.8 Å². The van der Waals surface area contributed by atoms with E-state index in [0.717, 1.165) is 29.0 Å². The van der Waals surface area contributed by atoms with E-state index in [1.54, 1.807) is 45.2 Å². The number of anilines is 2. The number of nitrogens with one attached hydrogen (secondary N) is 2. The van der Waals surface area contributed by atoms with Crippen LogP contribution in [-0.2, 0) is 9.53 Å². The van der Waals surface area contributed by atoms with Gasteiger partial charge in [-0.25, -0.2) is 9.18 Å². The molecule has 2 aromatic carbocycles. The Morgan fingerprint density at radius 3 is 2.38 bits per heavy atom. The predicted octanol–water partition coefficient (Wildman–Crippen LogP) is 5.75. The summed E-state index contributed by atoms with van der Waals surface area (Å²) in [6.07, 6.45) is 0.500. The Kier molecular flexibility index (Phi) is 7.40. The van der Waals surface area contributed by atoms with Crippen molar-refractivity contribution in [3.63, 3.8) is 0 Å². The molecule has 0 spiro atoms. The topological polar surface area (TPSA) is 97.4 Å². The van der Waals surface area contributed by atoms with Crippen LogP contribution in [0.1, 0.15) is 43.2 Å². The third-order valence-electron chi connectivity index (χ3n) is 4.64. The number of aromatic nitrogens is 1. The minimum atomic E-state index is -0.756. The fourth-order valence-corrected chi connectivity index (χ4v) is 3.10. The molecule has 0 unspecified atom stereocenters. The zero-order valence-corrected chi connectivity index (χ0v) is 19.4. The van der Waals surface area contributed by atoms with Crippen molar-refractivity contribution in [3.8, 4) is 11.1 Å². The first-order chi connectivity index (χ1) is 16.0. The van der Waals surface area contributed by atoms with E-state index in [1.807, 2.05) is 25.1 Å². The molecule has 0 aliphatic heterocycles. The summed E-state index contributed by atoms with van der Waals surface area (Å²) >= 11 is 0. The number of amides is 2. The average Bonchev–Trinajstić information content (AvgIpc) is 2.75. The van der Waals surface area contributed by atoms with Gasteiger partial charge in [0.15, 0.2) is 5.78 Å². The van der Waals surface area contributed by atoms with Crippen molar-refractivity contribution in [2.45, 2.75) is 39.7 Å². The van der Waals surface area contributed by atoms with Gasteiger partial charge in [0, 0.05) is 23.0 Å². The summed E-state index contributed by atoms with van der Waals surface area (Å²) in [5.41, 5.74) is 2.32. The lowest BCUT2D eigenvalue weighted by Gasteiger charge is -2.20. The largest absolute Gasteiger partial charge is 0.444 e. The molecule has 1 aromatic heterocycles. The van der Waals surface area contributed by atoms with Crippen LogP contribution in [0.15, 0.2) is 60.8 Å². The SMILES string of the molecule is Cc1ccc(-c2cccc(C(=O)CC(=O)Nc3cc(F)ccc3NC(=O)OC(C)(C)C)c2)cn1. The molecule has 0 aliphatic rings. The smallest absolute Gasteiger partial charge is 0.412 e. The molecule has 0 saturated heterocycles. The van der Waals surface area contributed by atoms with Crippen molar-refractivity contribution in [3.05, 3.63) is 77.9 Å². The molecule has 0 aliphatic carbocycles. The molecule has 0 fully saturated rings. The number of nitrogens with zero attached hydrogens (tertiary/aromatic N) is 1. The maximum absolute atomic E-state index is 13.8. The summed E-state index contributed by atoms with van der Waals surface area (Å²) in [5.74, 6) is -1.67. The van der Waals surface area contributed by atoms with Crippen LogP contribution < -0.4 is 10.6 Å². The van der Waals surface area contributed by atoms with Gasteiger partial charge in [-0.3, -0.25) is 19.9 Å². The van der Waals surface area contributed by atoms with Crippen LogP contribution in [0.2, 0.25) is 0 Å². The number of aryl methyl sites for hydroxylation is 1. The Morgan fingerprint density at radius 2 is 1.71 bits per heavy atom. The monoisotopic (exact) mass is 463 g/mol. The molecule has 0 radical (unpaired) electrons. The second-order valence-electron chi connectivity index (χ2n) is 8.73. The summed E-state index contributed by atoms with van der Waals surface area (Å²) < 4.78 is 19.0. The van der Waals surface area contributed by atoms with Crippen molar-refractivity contribution in [2.75, 3.05) is 10.6 Å². The first-order valence-electron chi connectivity index (χ1n) is 10.7. The fourth-order valence-electron chi connectivity index (χ4n) is 3.10. The van der Waals surface area contributed by atoms with Gasteiger partial charge in [-0.15, -0.1) is 0 Å². The van der Waals surface area contributed by atoms with Crippen LogP contribution in [0.4, 0.5) is 20.6 Å². The molecular formula is C26H26FN3O4.